The van der Waals surface area contributed by atoms with Gasteiger partial charge in [-0.25, -0.2) is 18.2 Å². The molecule has 0 amide bonds. The summed E-state index contributed by atoms with van der Waals surface area (Å²) in [4.78, 5) is 4.31. The van der Waals surface area contributed by atoms with E-state index in [1.807, 2.05) is 6.07 Å². The van der Waals surface area contributed by atoms with Crippen molar-refractivity contribution in [1.82, 2.24) is 4.98 Å². The third-order valence-corrected chi connectivity index (χ3v) is 3.81. The van der Waals surface area contributed by atoms with Crippen LogP contribution in [0.4, 0.5) is 18.9 Å². The maximum absolute atomic E-state index is 13.3. The number of thiazole rings is 1. The summed E-state index contributed by atoms with van der Waals surface area (Å²) < 4.78 is 39.5. The van der Waals surface area contributed by atoms with Crippen molar-refractivity contribution >= 4 is 17.0 Å². The molecule has 3 rings (SSSR count). The van der Waals surface area contributed by atoms with Crippen LogP contribution >= 0.6 is 11.3 Å². The maximum Gasteiger partial charge on any atom is 0.194 e. The minimum atomic E-state index is -1.48. The Hall–Kier alpha value is -2.34. The van der Waals surface area contributed by atoms with Gasteiger partial charge in [-0.3, -0.25) is 0 Å². The fourth-order valence-corrected chi connectivity index (χ4v) is 2.73. The van der Waals surface area contributed by atoms with E-state index in [1.165, 1.54) is 11.3 Å². The Bertz CT molecular complexity index is 791. The van der Waals surface area contributed by atoms with Crippen molar-refractivity contribution in [3.05, 3.63) is 59.2 Å². The van der Waals surface area contributed by atoms with Crippen molar-refractivity contribution in [1.29, 1.82) is 0 Å². The summed E-state index contributed by atoms with van der Waals surface area (Å²) >= 11 is 1.22. The molecule has 0 saturated carbocycles. The van der Waals surface area contributed by atoms with E-state index >= 15 is 0 Å². The van der Waals surface area contributed by atoms with Crippen LogP contribution in [0.5, 0.6) is 0 Å². The number of rotatable bonds is 2. The highest BCUT2D eigenvalue weighted by atomic mass is 32.1. The average molecular weight is 306 g/mol. The minimum Gasteiger partial charge on any atom is -0.399 e. The van der Waals surface area contributed by atoms with E-state index in [9.17, 15) is 13.2 Å². The number of anilines is 1. The molecule has 0 bridgehead atoms. The predicted molar refractivity (Wildman–Crippen MR) is 77.3 cm³/mol. The van der Waals surface area contributed by atoms with Crippen molar-refractivity contribution in [2.75, 3.05) is 5.73 Å². The highest BCUT2D eigenvalue weighted by Crippen LogP contribution is 2.31. The van der Waals surface area contributed by atoms with E-state index < -0.39 is 17.5 Å². The van der Waals surface area contributed by atoms with Gasteiger partial charge in [0.2, 0.25) is 0 Å². The zero-order chi connectivity index (χ0) is 15.0. The van der Waals surface area contributed by atoms with Crippen LogP contribution in [0.1, 0.15) is 0 Å². The highest BCUT2D eigenvalue weighted by Gasteiger charge is 2.14. The first-order valence-electron chi connectivity index (χ1n) is 6.01. The molecule has 1 aromatic heterocycles. The molecule has 2 N–H and O–H groups in total. The summed E-state index contributed by atoms with van der Waals surface area (Å²) in [6.45, 7) is 0. The molecule has 0 unspecified atom stereocenters. The molecule has 0 radical (unpaired) electrons. The van der Waals surface area contributed by atoms with E-state index in [4.69, 9.17) is 5.73 Å². The van der Waals surface area contributed by atoms with Gasteiger partial charge in [0.15, 0.2) is 17.5 Å². The molecular formula is C15H9F3N2S. The lowest BCUT2D eigenvalue weighted by Crippen LogP contribution is -1.91. The summed E-state index contributed by atoms with van der Waals surface area (Å²) in [7, 11) is 0. The fraction of sp³-hybridized carbons (Fsp3) is 0. The molecule has 6 heteroatoms. The molecule has 0 fully saturated rings. The SMILES string of the molecule is Nc1cccc(-c2csc(-c3cc(F)c(F)c(F)c3)n2)c1. The minimum absolute atomic E-state index is 0.201. The predicted octanol–water partition coefficient (Wildman–Crippen LogP) is 4.48. The summed E-state index contributed by atoms with van der Waals surface area (Å²) in [5.74, 6) is -3.94. The summed E-state index contributed by atoms with van der Waals surface area (Å²) in [5.41, 5.74) is 7.96. The van der Waals surface area contributed by atoms with Gasteiger partial charge in [-0.1, -0.05) is 12.1 Å². The monoisotopic (exact) mass is 306 g/mol. The zero-order valence-corrected chi connectivity index (χ0v) is 11.4. The second-order valence-electron chi connectivity index (χ2n) is 4.42. The van der Waals surface area contributed by atoms with Crippen molar-refractivity contribution in [3.8, 4) is 21.8 Å². The van der Waals surface area contributed by atoms with Crippen molar-refractivity contribution in [2.45, 2.75) is 0 Å². The first kappa shape index (κ1) is 13.6. The van der Waals surface area contributed by atoms with Gasteiger partial charge in [-0.2, -0.15) is 0 Å². The van der Waals surface area contributed by atoms with E-state index in [2.05, 4.69) is 4.98 Å². The second-order valence-corrected chi connectivity index (χ2v) is 5.28. The molecule has 0 aliphatic carbocycles. The van der Waals surface area contributed by atoms with Gasteiger partial charge in [-0.15, -0.1) is 11.3 Å². The van der Waals surface area contributed by atoms with Gasteiger partial charge < -0.3 is 5.73 Å². The Kier molecular flexibility index (Phi) is 3.39. The molecule has 21 heavy (non-hydrogen) atoms. The summed E-state index contributed by atoms with van der Waals surface area (Å²) in [6, 6.07) is 8.99. The maximum atomic E-state index is 13.3. The average Bonchev–Trinajstić information content (AvgIpc) is 2.94. The largest absolute Gasteiger partial charge is 0.399 e. The Balaban J connectivity index is 2.02. The summed E-state index contributed by atoms with van der Waals surface area (Å²) in [5, 5.41) is 2.16. The quantitative estimate of drug-likeness (QED) is 0.560. The Morgan fingerprint density at radius 1 is 0.952 bits per heavy atom. The third-order valence-electron chi connectivity index (χ3n) is 2.92. The van der Waals surface area contributed by atoms with E-state index in [0.29, 0.717) is 16.4 Å². The molecule has 0 atom stereocenters. The normalized spacial score (nSPS) is 10.8. The number of hydrogen-bond donors (Lipinski definition) is 1. The van der Waals surface area contributed by atoms with Gasteiger partial charge >= 0.3 is 0 Å². The third kappa shape index (κ3) is 2.62. The van der Waals surface area contributed by atoms with Crippen LogP contribution in [0.15, 0.2) is 41.8 Å². The molecule has 0 saturated heterocycles. The zero-order valence-electron chi connectivity index (χ0n) is 10.6. The number of benzene rings is 2. The molecule has 106 valence electrons. The van der Waals surface area contributed by atoms with Crippen molar-refractivity contribution in [2.24, 2.45) is 0 Å². The number of nitrogen functional groups attached to an aromatic ring is 1. The molecule has 2 nitrogen and oxygen atoms in total. The topological polar surface area (TPSA) is 38.9 Å². The van der Waals surface area contributed by atoms with Crippen LogP contribution in [-0.2, 0) is 0 Å². The van der Waals surface area contributed by atoms with Crippen LogP contribution in [0.25, 0.3) is 21.8 Å². The van der Waals surface area contributed by atoms with Crippen molar-refractivity contribution in [3.63, 3.8) is 0 Å². The lowest BCUT2D eigenvalue weighted by molar-refractivity contribution is 0.447. The van der Waals surface area contributed by atoms with Gasteiger partial charge in [0.1, 0.15) is 5.01 Å². The van der Waals surface area contributed by atoms with E-state index in [-0.39, 0.29) is 5.56 Å². The van der Waals surface area contributed by atoms with Crippen LogP contribution in [0.3, 0.4) is 0 Å². The first-order valence-corrected chi connectivity index (χ1v) is 6.89. The molecule has 3 aromatic rings. The Morgan fingerprint density at radius 3 is 2.33 bits per heavy atom. The Morgan fingerprint density at radius 2 is 1.67 bits per heavy atom. The van der Waals surface area contributed by atoms with Gasteiger partial charge in [-0.05, 0) is 24.3 Å². The number of aromatic nitrogens is 1. The van der Waals surface area contributed by atoms with E-state index in [1.54, 1.807) is 23.6 Å². The standard InChI is InChI=1S/C15H9F3N2S/c16-11-5-9(6-12(17)14(11)18)15-20-13(7-21-15)8-2-1-3-10(19)4-8/h1-7H,19H2. The van der Waals surface area contributed by atoms with Gasteiger partial charge in [0.25, 0.3) is 0 Å². The van der Waals surface area contributed by atoms with Crippen molar-refractivity contribution < 1.29 is 13.2 Å². The van der Waals surface area contributed by atoms with Crippen LogP contribution in [-0.4, -0.2) is 4.98 Å². The van der Waals surface area contributed by atoms with Crippen LogP contribution in [0.2, 0.25) is 0 Å². The Labute approximate surface area is 122 Å². The number of halogens is 3. The van der Waals surface area contributed by atoms with Gasteiger partial charge in [0, 0.05) is 22.2 Å². The van der Waals surface area contributed by atoms with Crippen LogP contribution < -0.4 is 5.73 Å². The van der Waals surface area contributed by atoms with Gasteiger partial charge in [0.05, 0.1) is 5.69 Å². The first-order chi connectivity index (χ1) is 10.0. The molecular weight excluding hydrogens is 297 g/mol. The number of nitrogens with two attached hydrogens (primary N) is 1. The number of hydrogen-bond acceptors (Lipinski definition) is 3. The lowest BCUT2D eigenvalue weighted by Gasteiger charge is -2.00. The smallest absolute Gasteiger partial charge is 0.194 e. The lowest BCUT2D eigenvalue weighted by atomic mass is 10.1. The molecule has 0 aliphatic rings. The van der Waals surface area contributed by atoms with E-state index in [0.717, 1.165) is 17.7 Å². The molecule has 1 heterocycles. The molecule has 0 spiro atoms. The number of nitrogens with zero attached hydrogens (tertiary/aromatic N) is 1. The second kappa shape index (κ2) is 5.21. The fourth-order valence-electron chi connectivity index (χ4n) is 1.92. The highest BCUT2D eigenvalue weighted by molar-refractivity contribution is 7.13. The van der Waals surface area contributed by atoms with Crippen LogP contribution in [0, 0.1) is 17.5 Å². The molecule has 2 aromatic carbocycles. The molecule has 0 aliphatic heterocycles. The summed E-state index contributed by atoms with van der Waals surface area (Å²) in [6.07, 6.45) is 0.